The van der Waals surface area contributed by atoms with Crippen molar-refractivity contribution in [2.24, 2.45) is 0 Å². The molecular weight excluding hydrogens is 298 g/mol. The van der Waals surface area contributed by atoms with Crippen LogP contribution in [0.15, 0.2) is 53.4 Å². The first-order valence-corrected chi connectivity index (χ1v) is 8.34. The normalized spacial score (nSPS) is 12.2. The van der Waals surface area contributed by atoms with Crippen molar-refractivity contribution in [2.45, 2.75) is 11.3 Å². The molecule has 6 heteroatoms. The lowest BCUT2D eigenvalue weighted by Crippen LogP contribution is -2.14. The summed E-state index contributed by atoms with van der Waals surface area (Å²) in [5.41, 5.74) is 2.32. The summed E-state index contributed by atoms with van der Waals surface area (Å²) < 4.78 is 11.3. The molecule has 1 unspecified atom stereocenters. The molecule has 22 heavy (non-hydrogen) atoms. The van der Waals surface area contributed by atoms with Crippen molar-refractivity contribution in [1.82, 2.24) is 10.2 Å². The molecule has 0 saturated carbocycles. The zero-order valence-electron chi connectivity index (χ0n) is 12.0. The minimum atomic E-state index is -1.02. The number of carbonyl (C=O) groups excluding carboxylic acids is 1. The number of carbonyl (C=O) groups is 1. The molecule has 2 aromatic carbocycles. The van der Waals surface area contributed by atoms with Crippen molar-refractivity contribution >= 4 is 33.3 Å². The number of anilines is 1. The molecule has 3 aromatic rings. The third-order valence-corrected chi connectivity index (χ3v) is 4.28. The number of nitrogens with zero attached hydrogens (tertiary/aromatic N) is 1. The van der Waals surface area contributed by atoms with Crippen molar-refractivity contribution < 1.29 is 9.00 Å². The van der Waals surface area contributed by atoms with Crippen LogP contribution in [0.25, 0.3) is 10.9 Å². The number of aromatic nitrogens is 2. The predicted octanol–water partition coefficient (Wildman–Crippen LogP) is 2.48. The maximum atomic E-state index is 12.1. The maximum absolute atomic E-state index is 12.1. The van der Waals surface area contributed by atoms with E-state index in [0.717, 1.165) is 21.5 Å². The van der Waals surface area contributed by atoms with Gasteiger partial charge in [0, 0.05) is 33.0 Å². The molecule has 1 atom stereocenters. The highest BCUT2D eigenvalue weighted by molar-refractivity contribution is 7.84. The highest BCUT2D eigenvalue weighted by Gasteiger charge is 2.10. The van der Waals surface area contributed by atoms with E-state index in [1.54, 1.807) is 30.5 Å². The molecule has 0 aliphatic carbocycles. The number of nitrogens with one attached hydrogen (secondary N) is 2. The van der Waals surface area contributed by atoms with Gasteiger partial charge in [-0.15, -0.1) is 0 Å². The van der Waals surface area contributed by atoms with Gasteiger partial charge in [0.2, 0.25) is 5.91 Å². The number of rotatable bonds is 4. The van der Waals surface area contributed by atoms with Gasteiger partial charge in [0.1, 0.15) is 0 Å². The first-order chi connectivity index (χ1) is 10.6. The van der Waals surface area contributed by atoms with Gasteiger partial charge < -0.3 is 5.32 Å². The Morgan fingerprint density at radius 1 is 1.18 bits per heavy atom. The molecule has 2 N–H and O–H groups in total. The lowest BCUT2D eigenvalue weighted by molar-refractivity contribution is -0.115. The van der Waals surface area contributed by atoms with E-state index < -0.39 is 10.8 Å². The second-order valence-corrected chi connectivity index (χ2v) is 6.30. The molecule has 1 amide bonds. The molecule has 112 valence electrons. The maximum Gasteiger partial charge on any atom is 0.230 e. The minimum Gasteiger partial charge on any atom is -0.326 e. The second-order valence-electron chi connectivity index (χ2n) is 4.92. The first kappa shape index (κ1) is 14.5. The van der Waals surface area contributed by atoms with Gasteiger partial charge in [0.05, 0.1) is 17.6 Å². The Balaban J connectivity index is 1.71. The molecule has 1 heterocycles. The standard InChI is InChI=1S/C16H15N3O2S/c1-22(21)12-8-6-11(7-9-12)17-16(20)10-15-13-4-2-3-5-14(13)18-19-15/h2-9H,10H2,1H3,(H,17,20)(H,18,19). The lowest BCUT2D eigenvalue weighted by atomic mass is 10.1. The summed E-state index contributed by atoms with van der Waals surface area (Å²) in [7, 11) is -1.02. The van der Waals surface area contributed by atoms with Crippen LogP contribution in [0.5, 0.6) is 0 Å². The highest BCUT2D eigenvalue weighted by atomic mass is 32.2. The Hall–Kier alpha value is -2.47. The number of amides is 1. The molecule has 0 bridgehead atoms. The minimum absolute atomic E-state index is 0.125. The average molecular weight is 313 g/mol. The summed E-state index contributed by atoms with van der Waals surface area (Å²) in [4.78, 5) is 12.9. The molecule has 1 aromatic heterocycles. The summed E-state index contributed by atoms with van der Waals surface area (Å²) in [6, 6.07) is 14.7. The van der Waals surface area contributed by atoms with Gasteiger partial charge in [-0.2, -0.15) is 5.10 Å². The van der Waals surface area contributed by atoms with Crippen LogP contribution in [0.4, 0.5) is 5.69 Å². The molecular formula is C16H15N3O2S. The van der Waals surface area contributed by atoms with Crippen LogP contribution in [0.3, 0.4) is 0 Å². The Bertz CT molecular complexity index is 840. The number of hydrogen-bond donors (Lipinski definition) is 2. The number of para-hydroxylation sites is 1. The lowest BCUT2D eigenvalue weighted by Gasteiger charge is -2.05. The number of aromatic amines is 1. The summed E-state index contributed by atoms with van der Waals surface area (Å²) in [5, 5.41) is 10.9. The Kier molecular flexibility index (Phi) is 4.02. The third kappa shape index (κ3) is 3.07. The molecule has 0 spiro atoms. The molecule has 0 radical (unpaired) electrons. The van der Waals surface area contributed by atoms with E-state index in [1.807, 2.05) is 24.3 Å². The van der Waals surface area contributed by atoms with Crippen LogP contribution in [-0.4, -0.2) is 26.6 Å². The Labute approximate surface area is 130 Å². The second kappa shape index (κ2) is 6.11. The van der Waals surface area contributed by atoms with E-state index in [1.165, 1.54) is 0 Å². The number of fused-ring (bicyclic) bond motifs is 1. The topological polar surface area (TPSA) is 74.8 Å². The quantitative estimate of drug-likeness (QED) is 0.777. The first-order valence-electron chi connectivity index (χ1n) is 6.79. The van der Waals surface area contributed by atoms with Gasteiger partial charge >= 0.3 is 0 Å². The summed E-state index contributed by atoms with van der Waals surface area (Å²) in [6.07, 6.45) is 1.85. The van der Waals surface area contributed by atoms with Gasteiger partial charge in [-0.1, -0.05) is 18.2 Å². The largest absolute Gasteiger partial charge is 0.326 e. The summed E-state index contributed by atoms with van der Waals surface area (Å²) in [6.45, 7) is 0. The van der Waals surface area contributed by atoms with Crippen molar-refractivity contribution in [3.63, 3.8) is 0 Å². The van der Waals surface area contributed by atoms with Crippen molar-refractivity contribution in [2.75, 3.05) is 11.6 Å². The van der Waals surface area contributed by atoms with Gasteiger partial charge in [-0.25, -0.2) is 0 Å². The van der Waals surface area contributed by atoms with Crippen molar-refractivity contribution in [1.29, 1.82) is 0 Å². The van der Waals surface area contributed by atoms with E-state index in [4.69, 9.17) is 0 Å². The van der Waals surface area contributed by atoms with Crippen LogP contribution in [-0.2, 0) is 22.0 Å². The third-order valence-electron chi connectivity index (χ3n) is 3.35. The van der Waals surface area contributed by atoms with E-state index in [2.05, 4.69) is 15.5 Å². The average Bonchev–Trinajstić information content (AvgIpc) is 2.91. The number of H-pyrrole nitrogens is 1. The van der Waals surface area contributed by atoms with Gasteiger partial charge in [-0.05, 0) is 30.3 Å². The van der Waals surface area contributed by atoms with E-state index in [9.17, 15) is 9.00 Å². The zero-order valence-corrected chi connectivity index (χ0v) is 12.8. The molecule has 0 aliphatic rings. The zero-order chi connectivity index (χ0) is 15.5. The molecule has 0 saturated heterocycles. The fourth-order valence-electron chi connectivity index (χ4n) is 2.24. The highest BCUT2D eigenvalue weighted by Crippen LogP contribution is 2.17. The molecule has 0 aliphatic heterocycles. The predicted molar refractivity (Wildman–Crippen MR) is 87.2 cm³/mol. The summed E-state index contributed by atoms with van der Waals surface area (Å²) in [5.74, 6) is -0.125. The summed E-state index contributed by atoms with van der Waals surface area (Å²) >= 11 is 0. The number of benzene rings is 2. The van der Waals surface area contributed by atoms with Crippen LogP contribution in [0, 0.1) is 0 Å². The molecule has 3 rings (SSSR count). The van der Waals surface area contributed by atoms with E-state index in [0.29, 0.717) is 5.69 Å². The Morgan fingerprint density at radius 2 is 1.91 bits per heavy atom. The van der Waals surface area contributed by atoms with Crippen LogP contribution in [0.1, 0.15) is 5.69 Å². The number of hydrogen-bond acceptors (Lipinski definition) is 3. The van der Waals surface area contributed by atoms with Gasteiger partial charge in [0.25, 0.3) is 0 Å². The monoisotopic (exact) mass is 313 g/mol. The van der Waals surface area contributed by atoms with Crippen LogP contribution in [0.2, 0.25) is 0 Å². The van der Waals surface area contributed by atoms with Crippen molar-refractivity contribution in [3.8, 4) is 0 Å². The smallest absolute Gasteiger partial charge is 0.230 e. The van der Waals surface area contributed by atoms with E-state index in [-0.39, 0.29) is 12.3 Å². The molecule has 0 fully saturated rings. The van der Waals surface area contributed by atoms with Crippen LogP contribution >= 0.6 is 0 Å². The SMILES string of the molecule is CS(=O)c1ccc(NC(=O)Cc2[nH]nc3ccccc23)cc1. The van der Waals surface area contributed by atoms with Gasteiger partial charge in [-0.3, -0.25) is 14.1 Å². The fraction of sp³-hybridized carbons (Fsp3) is 0.125. The van der Waals surface area contributed by atoms with Crippen LogP contribution < -0.4 is 5.32 Å². The molecule has 5 nitrogen and oxygen atoms in total. The van der Waals surface area contributed by atoms with Crippen molar-refractivity contribution in [3.05, 3.63) is 54.2 Å². The van der Waals surface area contributed by atoms with Gasteiger partial charge in [0.15, 0.2) is 0 Å². The fourth-order valence-corrected chi connectivity index (χ4v) is 2.76. The Morgan fingerprint density at radius 3 is 2.64 bits per heavy atom. The van der Waals surface area contributed by atoms with E-state index >= 15 is 0 Å².